The third-order valence-corrected chi connectivity index (χ3v) is 5.32. The Morgan fingerprint density at radius 1 is 1.07 bits per heavy atom. The number of nitrogens with zero attached hydrogens (tertiary/aromatic N) is 1. The van der Waals surface area contributed by atoms with E-state index in [1.165, 1.54) is 5.56 Å². The minimum Gasteiger partial charge on any atom is -0.497 e. The number of rotatable bonds is 6. The average Bonchev–Trinajstić information content (AvgIpc) is 2.71. The van der Waals surface area contributed by atoms with Crippen LogP contribution in [0.5, 0.6) is 5.75 Å². The van der Waals surface area contributed by atoms with Gasteiger partial charge < -0.3 is 15.4 Å². The van der Waals surface area contributed by atoms with Crippen molar-refractivity contribution in [1.82, 2.24) is 4.90 Å². The van der Waals surface area contributed by atoms with Crippen LogP contribution in [0.15, 0.2) is 42.5 Å². The van der Waals surface area contributed by atoms with E-state index in [1.807, 2.05) is 50.2 Å². The first-order valence-electron chi connectivity index (χ1n) is 9.99. The molecule has 3 rings (SSSR count). The molecule has 1 saturated heterocycles. The summed E-state index contributed by atoms with van der Waals surface area (Å²) in [6.07, 6.45) is 1.49. The van der Waals surface area contributed by atoms with Crippen LogP contribution in [0.3, 0.4) is 0 Å². The fourth-order valence-electron chi connectivity index (χ4n) is 3.65. The molecule has 2 N–H and O–H groups in total. The summed E-state index contributed by atoms with van der Waals surface area (Å²) in [6, 6.07) is 13.4. The molecule has 0 aromatic heterocycles. The lowest BCUT2D eigenvalue weighted by molar-refractivity contribution is -0.121. The molecule has 1 aliphatic rings. The number of amides is 2. The number of hydrogen-bond donors (Lipinski definition) is 2. The van der Waals surface area contributed by atoms with Crippen LogP contribution in [0.1, 0.15) is 24.0 Å². The fourth-order valence-corrected chi connectivity index (χ4v) is 3.65. The first-order chi connectivity index (χ1) is 13.9. The van der Waals surface area contributed by atoms with Crippen LogP contribution in [-0.2, 0) is 9.59 Å². The Kier molecular flexibility index (Phi) is 6.88. The maximum Gasteiger partial charge on any atom is 0.238 e. The Morgan fingerprint density at radius 2 is 1.83 bits per heavy atom. The fraction of sp³-hybridized carbons (Fsp3) is 0.391. The number of carbonyl (C=O) groups is 2. The van der Waals surface area contributed by atoms with Crippen LogP contribution in [-0.4, -0.2) is 43.5 Å². The summed E-state index contributed by atoms with van der Waals surface area (Å²) in [6.45, 7) is 5.84. The molecule has 2 amide bonds. The topological polar surface area (TPSA) is 70.7 Å². The number of carbonyl (C=O) groups excluding carboxylic acids is 2. The van der Waals surface area contributed by atoms with E-state index in [4.69, 9.17) is 4.74 Å². The minimum atomic E-state index is -0.0418. The van der Waals surface area contributed by atoms with Crippen molar-refractivity contribution < 1.29 is 14.3 Å². The van der Waals surface area contributed by atoms with E-state index in [1.54, 1.807) is 7.11 Å². The van der Waals surface area contributed by atoms with Gasteiger partial charge in [0.25, 0.3) is 0 Å². The number of hydrogen-bond acceptors (Lipinski definition) is 4. The minimum absolute atomic E-state index is 0.0174. The third kappa shape index (κ3) is 5.81. The first-order valence-corrected chi connectivity index (χ1v) is 9.99. The molecular weight excluding hydrogens is 366 g/mol. The van der Waals surface area contributed by atoms with Crippen LogP contribution in [0.2, 0.25) is 0 Å². The number of anilines is 2. The SMILES string of the molecule is COc1cccc(NC(=O)C2CCN(CC(=O)Nc3ccc(C)cc3C)CC2)c1. The Balaban J connectivity index is 1.46. The average molecular weight is 396 g/mol. The van der Waals surface area contributed by atoms with Gasteiger partial charge in [0.2, 0.25) is 11.8 Å². The smallest absolute Gasteiger partial charge is 0.238 e. The van der Waals surface area contributed by atoms with Crippen molar-refractivity contribution in [3.8, 4) is 5.75 Å². The lowest BCUT2D eigenvalue weighted by Gasteiger charge is -2.30. The lowest BCUT2D eigenvalue weighted by Crippen LogP contribution is -2.41. The molecule has 1 aliphatic heterocycles. The molecule has 1 heterocycles. The highest BCUT2D eigenvalue weighted by molar-refractivity contribution is 5.93. The van der Waals surface area contributed by atoms with Crippen molar-refractivity contribution in [3.05, 3.63) is 53.6 Å². The standard InChI is InChI=1S/C23H29N3O3/c1-16-7-8-21(17(2)13-16)25-22(27)15-26-11-9-18(10-12-26)23(28)24-19-5-4-6-20(14-19)29-3/h4-8,13-14,18H,9-12,15H2,1-3H3,(H,24,28)(H,25,27). The van der Waals surface area contributed by atoms with Gasteiger partial charge >= 0.3 is 0 Å². The molecule has 2 aromatic carbocycles. The van der Waals surface area contributed by atoms with Crippen LogP contribution in [0, 0.1) is 19.8 Å². The maximum atomic E-state index is 12.6. The van der Waals surface area contributed by atoms with E-state index in [2.05, 4.69) is 21.6 Å². The third-order valence-electron chi connectivity index (χ3n) is 5.32. The molecule has 0 spiro atoms. The molecule has 0 saturated carbocycles. The number of benzene rings is 2. The number of likely N-dealkylation sites (tertiary alicyclic amines) is 1. The quantitative estimate of drug-likeness (QED) is 0.784. The van der Waals surface area contributed by atoms with Crippen molar-refractivity contribution in [2.75, 3.05) is 37.4 Å². The highest BCUT2D eigenvalue weighted by Crippen LogP contribution is 2.22. The largest absolute Gasteiger partial charge is 0.497 e. The summed E-state index contributed by atoms with van der Waals surface area (Å²) in [7, 11) is 1.60. The van der Waals surface area contributed by atoms with E-state index >= 15 is 0 Å². The summed E-state index contributed by atoms with van der Waals surface area (Å²) >= 11 is 0. The van der Waals surface area contributed by atoms with Crippen molar-refractivity contribution in [2.24, 2.45) is 5.92 Å². The van der Waals surface area contributed by atoms with Gasteiger partial charge in [0, 0.05) is 23.4 Å². The Hall–Kier alpha value is -2.86. The van der Waals surface area contributed by atoms with Gasteiger partial charge in [-0.15, -0.1) is 0 Å². The zero-order valence-corrected chi connectivity index (χ0v) is 17.3. The Bertz CT molecular complexity index is 873. The summed E-state index contributed by atoms with van der Waals surface area (Å²) < 4.78 is 5.19. The van der Waals surface area contributed by atoms with Crippen molar-refractivity contribution >= 4 is 23.2 Å². The maximum absolute atomic E-state index is 12.6. The summed E-state index contributed by atoms with van der Waals surface area (Å²) in [5.41, 5.74) is 3.83. The molecule has 0 aliphatic carbocycles. The van der Waals surface area contributed by atoms with Crippen LogP contribution < -0.4 is 15.4 Å². The summed E-state index contributed by atoms with van der Waals surface area (Å²) in [4.78, 5) is 27.0. The Morgan fingerprint density at radius 3 is 2.52 bits per heavy atom. The summed E-state index contributed by atoms with van der Waals surface area (Å²) in [5.74, 6) is 0.682. The van der Waals surface area contributed by atoms with E-state index < -0.39 is 0 Å². The molecule has 0 atom stereocenters. The number of nitrogens with one attached hydrogen (secondary N) is 2. The number of ether oxygens (including phenoxy) is 1. The molecule has 6 nitrogen and oxygen atoms in total. The highest BCUT2D eigenvalue weighted by atomic mass is 16.5. The van der Waals surface area contributed by atoms with Crippen molar-refractivity contribution in [2.45, 2.75) is 26.7 Å². The van der Waals surface area contributed by atoms with Gasteiger partial charge in [-0.25, -0.2) is 0 Å². The van der Waals surface area contributed by atoms with Crippen molar-refractivity contribution in [1.29, 1.82) is 0 Å². The molecule has 154 valence electrons. The highest BCUT2D eigenvalue weighted by Gasteiger charge is 2.26. The second kappa shape index (κ2) is 9.56. The van der Waals surface area contributed by atoms with Crippen molar-refractivity contribution in [3.63, 3.8) is 0 Å². The van der Waals surface area contributed by atoms with Gasteiger partial charge in [0.05, 0.1) is 13.7 Å². The monoisotopic (exact) mass is 395 g/mol. The second-order valence-corrected chi connectivity index (χ2v) is 7.64. The molecule has 29 heavy (non-hydrogen) atoms. The van der Waals surface area contributed by atoms with E-state index in [-0.39, 0.29) is 17.7 Å². The van der Waals surface area contributed by atoms with E-state index in [9.17, 15) is 9.59 Å². The van der Waals surface area contributed by atoms with Crippen LogP contribution in [0.4, 0.5) is 11.4 Å². The number of aryl methyl sites for hydroxylation is 2. The predicted octanol–water partition coefficient (Wildman–Crippen LogP) is 3.60. The predicted molar refractivity (Wildman–Crippen MR) is 115 cm³/mol. The molecule has 2 aromatic rings. The van der Waals surface area contributed by atoms with Crippen LogP contribution in [0.25, 0.3) is 0 Å². The van der Waals surface area contributed by atoms with Gasteiger partial charge in [-0.2, -0.15) is 0 Å². The van der Waals surface area contributed by atoms with Gasteiger partial charge in [0.15, 0.2) is 0 Å². The zero-order valence-electron chi connectivity index (χ0n) is 17.3. The van der Waals surface area contributed by atoms with E-state index in [0.29, 0.717) is 12.3 Å². The van der Waals surface area contributed by atoms with Gasteiger partial charge in [-0.05, 0) is 63.5 Å². The zero-order chi connectivity index (χ0) is 20.8. The molecular formula is C23H29N3O3. The Labute approximate surface area is 172 Å². The van der Waals surface area contributed by atoms with Gasteiger partial charge in [0.1, 0.15) is 5.75 Å². The molecule has 0 unspecified atom stereocenters. The molecule has 6 heteroatoms. The molecule has 1 fully saturated rings. The molecule has 0 bridgehead atoms. The van der Waals surface area contributed by atoms with Crippen LogP contribution >= 0.6 is 0 Å². The first kappa shape index (κ1) is 20.9. The second-order valence-electron chi connectivity index (χ2n) is 7.64. The van der Waals surface area contributed by atoms with Gasteiger partial charge in [-0.3, -0.25) is 14.5 Å². The number of piperidine rings is 1. The normalized spacial score (nSPS) is 15.0. The van der Waals surface area contributed by atoms with E-state index in [0.717, 1.165) is 42.9 Å². The summed E-state index contributed by atoms with van der Waals surface area (Å²) in [5, 5.41) is 5.96. The lowest BCUT2D eigenvalue weighted by atomic mass is 9.95. The number of methoxy groups -OCH3 is 1. The van der Waals surface area contributed by atoms with Gasteiger partial charge in [-0.1, -0.05) is 23.8 Å². The molecule has 0 radical (unpaired) electrons.